The molecule has 4 rings (SSSR count). The highest BCUT2D eigenvalue weighted by Gasteiger charge is 2.30. The van der Waals surface area contributed by atoms with E-state index in [2.05, 4.69) is 26.1 Å². The van der Waals surface area contributed by atoms with Gasteiger partial charge in [-0.1, -0.05) is 20.8 Å². The highest BCUT2D eigenvalue weighted by Crippen LogP contribution is 2.38. The maximum atomic E-state index is 12.7. The second-order valence-electron chi connectivity index (χ2n) is 9.51. The van der Waals surface area contributed by atoms with E-state index in [1.165, 1.54) is 0 Å². The molecule has 1 N–H and O–H groups in total. The van der Waals surface area contributed by atoms with Gasteiger partial charge < -0.3 is 14.2 Å². The number of sulfone groups is 1. The summed E-state index contributed by atoms with van der Waals surface area (Å²) >= 11 is 0. The second-order valence-corrected chi connectivity index (χ2v) is 11.7. The van der Waals surface area contributed by atoms with Gasteiger partial charge in [-0.2, -0.15) is 0 Å². The predicted octanol–water partition coefficient (Wildman–Crippen LogP) is 3.30. The third-order valence-electron chi connectivity index (χ3n) is 6.03. The van der Waals surface area contributed by atoms with Crippen molar-refractivity contribution in [2.75, 3.05) is 11.5 Å². The van der Waals surface area contributed by atoms with E-state index < -0.39 is 27.4 Å². The van der Waals surface area contributed by atoms with E-state index in [1.807, 2.05) is 13.0 Å². The van der Waals surface area contributed by atoms with Crippen LogP contribution in [0.1, 0.15) is 49.4 Å². The minimum absolute atomic E-state index is 0.0636. The van der Waals surface area contributed by atoms with E-state index in [9.17, 15) is 18.0 Å². The molecule has 0 bridgehead atoms. The Balaban J connectivity index is 1.77. The fraction of sp³-hybridized carbons (Fsp3) is 0.478. The number of benzene rings is 1. The van der Waals surface area contributed by atoms with Gasteiger partial charge in [-0.25, -0.2) is 13.2 Å². The summed E-state index contributed by atoms with van der Waals surface area (Å²) in [5.41, 5.74) is 3.28. The summed E-state index contributed by atoms with van der Waals surface area (Å²) in [6.45, 7) is 10.1. The molecule has 3 aromatic rings. The third-order valence-corrected chi connectivity index (χ3v) is 7.79. The highest BCUT2D eigenvalue weighted by molar-refractivity contribution is 7.91. The van der Waals surface area contributed by atoms with Crippen molar-refractivity contribution < 1.29 is 22.0 Å². The first kappa shape index (κ1) is 21.6. The monoisotopic (exact) mass is 445 g/mol. The molecule has 8 heteroatoms. The SMILES string of the molecule is Cc1cc2oc(=O)c(CC(=O)N[C@@H]3CCS(=O)(=O)C3)c(C)c2c2occ(C(C)(C)C)c12. The van der Waals surface area contributed by atoms with Crippen LogP contribution in [0.2, 0.25) is 0 Å². The Bertz CT molecular complexity index is 1370. The average molecular weight is 446 g/mol. The molecule has 1 atom stereocenters. The van der Waals surface area contributed by atoms with Crippen LogP contribution in [0.5, 0.6) is 0 Å². The topological polar surface area (TPSA) is 107 Å². The number of fused-ring (bicyclic) bond motifs is 3. The van der Waals surface area contributed by atoms with Gasteiger partial charge in [0.15, 0.2) is 9.84 Å². The first-order valence-corrected chi connectivity index (χ1v) is 12.2. The van der Waals surface area contributed by atoms with Crippen molar-refractivity contribution in [3.05, 3.63) is 45.0 Å². The Hall–Kier alpha value is -2.61. The highest BCUT2D eigenvalue weighted by atomic mass is 32.2. The molecule has 0 aliphatic carbocycles. The number of carbonyl (C=O) groups excluding carboxylic acids is 1. The number of amides is 1. The number of hydrogen-bond donors (Lipinski definition) is 1. The van der Waals surface area contributed by atoms with Crippen molar-refractivity contribution in [1.82, 2.24) is 5.32 Å². The molecule has 3 heterocycles. The number of aryl methyl sites for hydroxylation is 2. The van der Waals surface area contributed by atoms with E-state index >= 15 is 0 Å². The lowest BCUT2D eigenvalue weighted by Crippen LogP contribution is -2.37. The Morgan fingerprint density at radius 1 is 1.23 bits per heavy atom. The van der Waals surface area contributed by atoms with Crippen molar-refractivity contribution >= 4 is 37.7 Å². The van der Waals surface area contributed by atoms with Gasteiger partial charge >= 0.3 is 5.63 Å². The molecule has 1 aliphatic heterocycles. The summed E-state index contributed by atoms with van der Waals surface area (Å²) < 4.78 is 34.8. The van der Waals surface area contributed by atoms with E-state index in [-0.39, 0.29) is 28.9 Å². The lowest BCUT2D eigenvalue weighted by atomic mass is 9.85. The molecule has 0 radical (unpaired) electrons. The quantitative estimate of drug-likeness (QED) is 0.620. The Labute approximate surface area is 180 Å². The zero-order valence-corrected chi connectivity index (χ0v) is 19.2. The largest absolute Gasteiger partial charge is 0.463 e. The molecule has 1 amide bonds. The molecule has 166 valence electrons. The molecule has 7 nitrogen and oxygen atoms in total. The summed E-state index contributed by atoms with van der Waals surface area (Å²) in [7, 11) is -3.10. The van der Waals surface area contributed by atoms with E-state index in [0.717, 1.165) is 16.5 Å². The van der Waals surface area contributed by atoms with Crippen LogP contribution in [0.3, 0.4) is 0 Å². The molecule has 1 aliphatic rings. The molecular formula is C23H27NO6S. The number of hydrogen-bond acceptors (Lipinski definition) is 6. The third kappa shape index (κ3) is 3.89. The van der Waals surface area contributed by atoms with Crippen molar-refractivity contribution in [2.45, 2.75) is 58.9 Å². The van der Waals surface area contributed by atoms with Crippen LogP contribution in [-0.2, 0) is 26.5 Å². The number of nitrogens with one attached hydrogen (secondary N) is 1. The van der Waals surface area contributed by atoms with Crippen molar-refractivity contribution in [2.24, 2.45) is 0 Å². The second kappa shape index (κ2) is 7.22. The van der Waals surface area contributed by atoms with Gasteiger partial charge in [0, 0.05) is 17.0 Å². The smallest absolute Gasteiger partial charge is 0.340 e. The zero-order chi connectivity index (χ0) is 22.7. The number of rotatable bonds is 3. The number of carbonyl (C=O) groups is 1. The molecule has 2 aromatic heterocycles. The zero-order valence-electron chi connectivity index (χ0n) is 18.4. The molecular weight excluding hydrogens is 418 g/mol. The fourth-order valence-corrected chi connectivity index (χ4v) is 6.07. The Morgan fingerprint density at radius 2 is 1.94 bits per heavy atom. The molecule has 1 fully saturated rings. The molecule has 1 saturated heterocycles. The van der Waals surface area contributed by atoms with Crippen molar-refractivity contribution in [3.8, 4) is 0 Å². The standard InChI is InChI=1S/C23H27NO6S/c1-12-8-17-20(21-19(12)16(10-29-21)23(3,4)5)13(2)15(22(26)30-17)9-18(25)24-14-6-7-31(27,28)11-14/h8,10,14H,6-7,9,11H2,1-5H3,(H,24,25)/t14-/m1/s1. The molecule has 0 spiro atoms. The lowest BCUT2D eigenvalue weighted by Gasteiger charge is -2.18. The predicted molar refractivity (Wildman–Crippen MR) is 119 cm³/mol. The van der Waals surface area contributed by atoms with Crippen molar-refractivity contribution in [3.63, 3.8) is 0 Å². The Morgan fingerprint density at radius 3 is 2.55 bits per heavy atom. The van der Waals surface area contributed by atoms with Crippen LogP contribution in [0.4, 0.5) is 0 Å². The first-order valence-electron chi connectivity index (χ1n) is 10.3. The maximum Gasteiger partial charge on any atom is 0.340 e. The summed E-state index contributed by atoms with van der Waals surface area (Å²) in [6, 6.07) is 1.42. The van der Waals surface area contributed by atoms with Gasteiger partial charge in [-0.3, -0.25) is 4.79 Å². The summed E-state index contributed by atoms with van der Waals surface area (Å²) in [5, 5.41) is 4.41. The maximum absolute atomic E-state index is 12.7. The van der Waals surface area contributed by atoms with E-state index in [4.69, 9.17) is 8.83 Å². The van der Waals surface area contributed by atoms with Crippen LogP contribution in [0, 0.1) is 13.8 Å². The summed E-state index contributed by atoms with van der Waals surface area (Å²) in [4.78, 5) is 25.2. The molecule has 0 saturated carbocycles. The van der Waals surface area contributed by atoms with Gasteiger partial charge in [0.05, 0.1) is 35.1 Å². The van der Waals surface area contributed by atoms with Crippen LogP contribution in [0.25, 0.3) is 21.9 Å². The summed E-state index contributed by atoms with van der Waals surface area (Å²) in [6.07, 6.45) is 1.96. The number of furan rings is 1. The van der Waals surface area contributed by atoms with Gasteiger partial charge in [0.2, 0.25) is 5.91 Å². The lowest BCUT2D eigenvalue weighted by molar-refractivity contribution is -0.121. The van der Waals surface area contributed by atoms with E-state index in [0.29, 0.717) is 28.5 Å². The summed E-state index contributed by atoms with van der Waals surface area (Å²) in [5.74, 6) is -0.387. The van der Waals surface area contributed by atoms with Gasteiger partial charge in [0.25, 0.3) is 0 Å². The minimum Gasteiger partial charge on any atom is -0.463 e. The van der Waals surface area contributed by atoms with Crippen molar-refractivity contribution in [1.29, 1.82) is 0 Å². The Kier molecular flexibility index (Phi) is 5.04. The van der Waals surface area contributed by atoms with Crippen LogP contribution < -0.4 is 10.9 Å². The molecule has 1 aromatic carbocycles. The van der Waals surface area contributed by atoms with Gasteiger partial charge in [-0.15, -0.1) is 0 Å². The van der Waals surface area contributed by atoms with Crippen LogP contribution in [-0.4, -0.2) is 31.9 Å². The van der Waals surface area contributed by atoms with Gasteiger partial charge in [0.1, 0.15) is 11.2 Å². The molecule has 0 unspecified atom stereocenters. The minimum atomic E-state index is -3.10. The molecule has 31 heavy (non-hydrogen) atoms. The van der Waals surface area contributed by atoms with E-state index in [1.54, 1.807) is 13.2 Å². The first-order chi connectivity index (χ1) is 14.4. The fourth-order valence-electron chi connectivity index (χ4n) is 4.39. The van der Waals surface area contributed by atoms with Crippen LogP contribution in [0.15, 0.2) is 26.0 Å². The van der Waals surface area contributed by atoms with Gasteiger partial charge in [-0.05, 0) is 42.9 Å². The van der Waals surface area contributed by atoms with Crippen LogP contribution >= 0.6 is 0 Å². The normalized spacial score (nSPS) is 18.7. The average Bonchev–Trinajstić information content (AvgIpc) is 3.22.